The Bertz CT molecular complexity index is 604. The molecule has 0 bridgehead atoms. The second kappa shape index (κ2) is 13.0. The van der Waals surface area contributed by atoms with Gasteiger partial charge in [0.1, 0.15) is 6.10 Å². The molecule has 2 aromatic rings. The van der Waals surface area contributed by atoms with E-state index in [0.29, 0.717) is 12.8 Å². The third kappa shape index (κ3) is 10.6. The van der Waals surface area contributed by atoms with E-state index in [1.54, 1.807) is 0 Å². The molecule has 0 aliphatic carbocycles. The fourth-order valence-electron chi connectivity index (χ4n) is 2.42. The Kier molecular flexibility index (Phi) is 10.9. The Morgan fingerprint density at radius 2 is 1.27 bits per heavy atom. The van der Waals surface area contributed by atoms with Crippen LogP contribution < -0.4 is 0 Å². The van der Waals surface area contributed by atoms with Crippen molar-refractivity contribution in [3.8, 4) is 0 Å². The maximum absolute atomic E-state index is 10.1. The Labute approximate surface area is 155 Å². The van der Waals surface area contributed by atoms with Crippen molar-refractivity contribution in [3.63, 3.8) is 0 Å². The molecule has 0 aliphatic heterocycles. The van der Waals surface area contributed by atoms with E-state index in [2.05, 4.69) is 12.1 Å². The molecule has 2 atom stereocenters. The quantitative estimate of drug-likeness (QED) is 0.529. The zero-order valence-electron chi connectivity index (χ0n) is 15.3. The van der Waals surface area contributed by atoms with E-state index in [0.717, 1.165) is 24.8 Å². The van der Waals surface area contributed by atoms with Crippen molar-refractivity contribution in [2.45, 2.75) is 51.2 Å². The van der Waals surface area contributed by atoms with Crippen LogP contribution in [0.4, 0.5) is 0 Å². The number of aliphatic hydroxyl groups excluding tert-OH is 2. The number of nitrogens with zero attached hydrogens (tertiary/aromatic N) is 1. The average molecular weight is 359 g/mol. The monoisotopic (exact) mass is 359 g/mol. The van der Waals surface area contributed by atoms with Gasteiger partial charge in [0.25, 0.3) is 0 Å². The summed E-state index contributed by atoms with van der Waals surface area (Å²) in [5.74, 6) is 0. The molecule has 142 valence electrons. The van der Waals surface area contributed by atoms with Crippen LogP contribution >= 0.6 is 0 Å². The van der Waals surface area contributed by atoms with E-state index in [9.17, 15) is 20.3 Å². The maximum Gasteiger partial charge on any atom is 0.229 e. The summed E-state index contributed by atoms with van der Waals surface area (Å²) in [6.45, 7) is 1.64. The molecule has 2 rings (SSSR count). The molecule has 0 spiro atoms. The molecule has 2 aromatic carbocycles. The Balaban J connectivity index is 0.000000263. The Hall–Kier alpha value is -2.24. The minimum Gasteiger partial charge on any atom is -0.393 e. The topological polar surface area (TPSA) is 83.6 Å². The minimum absolute atomic E-state index is 0.134. The third-order valence-corrected chi connectivity index (χ3v) is 4.05. The molecular formula is C21H29NO4. The Morgan fingerprint density at radius 3 is 1.65 bits per heavy atom. The van der Waals surface area contributed by atoms with Crippen LogP contribution in [-0.4, -0.2) is 33.9 Å². The summed E-state index contributed by atoms with van der Waals surface area (Å²) in [4.78, 5) is 9.58. The van der Waals surface area contributed by atoms with Crippen LogP contribution in [0.25, 0.3) is 0 Å². The lowest BCUT2D eigenvalue weighted by Gasteiger charge is -2.06. The smallest absolute Gasteiger partial charge is 0.229 e. The van der Waals surface area contributed by atoms with Crippen LogP contribution in [-0.2, 0) is 12.8 Å². The molecular weight excluding hydrogens is 330 g/mol. The predicted octanol–water partition coefficient (Wildman–Crippen LogP) is 3.65. The molecule has 0 aliphatic rings. The van der Waals surface area contributed by atoms with E-state index < -0.39 is 11.0 Å². The van der Waals surface area contributed by atoms with Gasteiger partial charge >= 0.3 is 0 Å². The molecule has 0 aromatic heterocycles. The van der Waals surface area contributed by atoms with Gasteiger partial charge in [0.15, 0.2) is 0 Å². The summed E-state index contributed by atoms with van der Waals surface area (Å²) in [5.41, 5.74) is 2.40. The Morgan fingerprint density at radius 1 is 0.846 bits per heavy atom. The van der Waals surface area contributed by atoms with Crippen LogP contribution in [0.2, 0.25) is 0 Å². The van der Waals surface area contributed by atoms with E-state index >= 15 is 0 Å². The standard InChI is InChI=1S/C11H16O.C10H13NO3/c1-2-11(12)9-8-10-6-4-3-5-7-10;12-10(8-11(13)14)7-6-9-4-2-1-3-5-9/h3-7,11-12H,2,8-9H2,1H3;1-5,10,12H,6-8H2/t11-;10-/m10/s1. The highest BCUT2D eigenvalue weighted by Crippen LogP contribution is 2.06. The second-order valence-electron chi connectivity index (χ2n) is 6.28. The molecule has 2 N–H and O–H groups in total. The molecule has 0 fully saturated rings. The molecule has 0 heterocycles. The normalized spacial score (nSPS) is 12.6. The molecule has 5 nitrogen and oxygen atoms in total. The van der Waals surface area contributed by atoms with E-state index in [1.807, 2.05) is 55.5 Å². The SMILES string of the molecule is CC[C@@H](O)CCc1ccccc1.O=[N+]([O-])C[C@@H](O)CCc1ccccc1. The number of hydrogen-bond acceptors (Lipinski definition) is 4. The van der Waals surface area contributed by atoms with Crippen molar-refractivity contribution in [2.75, 3.05) is 6.54 Å². The molecule has 5 heteroatoms. The van der Waals surface area contributed by atoms with Crippen LogP contribution in [0.1, 0.15) is 37.3 Å². The van der Waals surface area contributed by atoms with Crippen LogP contribution in [0.5, 0.6) is 0 Å². The predicted molar refractivity (Wildman–Crippen MR) is 104 cm³/mol. The zero-order chi connectivity index (χ0) is 19.2. The summed E-state index contributed by atoms with van der Waals surface area (Å²) < 4.78 is 0. The first-order valence-electron chi connectivity index (χ1n) is 9.07. The summed E-state index contributed by atoms with van der Waals surface area (Å²) in [7, 11) is 0. The van der Waals surface area contributed by atoms with Gasteiger partial charge in [0.2, 0.25) is 6.54 Å². The third-order valence-electron chi connectivity index (χ3n) is 4.05. The average Bonchev–Trinajstić information content (AvgIpc) is 2.66. The van der Waals surface area contributed by atoms with Gasteiger partial charge in [-0.25, -0.2) is 0 Å². The van der Waals surface area contributed by atoms with Crippen molar-refractivity contribution >= 4 is 0 Å². The van der Waals surface area contributed by atoms with Gasteiger partial charge in [0.05, 0.1) is 6.10 Å². The first-order chi connectivity index (χ1) is 12.5. The van der Waals surface area contributed by atoms with Gasteiger partial charge in [-0.3, -0.25) is 10.1 Å². The molecule has 0 radical (unpaired) electrons. The van der Waals surface area contributed by atoms with Gasteiger partial charge < -0.3 is 10.2 Å². The lowest BCUT2D eigenvalue weighted by atomic mass is 10.1. The number of benzene rings is 2. The number of hydrogen-bond donors (Lipinski definition) is 2. The van der Waals surface area contributed by atoms with E-state index in [1.165, 1.54) is 5.56 Å². The van der Waals surface area contributed by atoms with Crippen LogP contribution in [0.3, 0.4) is 0 Å². The van der Waals surface area contributed by atoms with E-state index in [-0.39, 0.29) is 12.6 Å². The minimum atomic E-state index is -0.842. The lowest BCUT2D eigenvalue weighted by molar-refractivity contribution is -0.490. The van der Waals surface area contributed by atoms with Gasteiger partial charge in [0, 0.05) is 4.92 Å². The number of aliphatic hydroxyl groups is 2. The first-order valence-corrected chi connectivity index (χ1v) is 9.07. The number of aryl methyl sites for hydroxylation is 2. The number of nitro groups is 1. The highest BCUT2D eigenvalue weighted by molar-refractivity contribution is 5.15. The molecule has 0 saturated heterocycles. The van der Waals surface area contributed by atoms with Gasteiger partial charge in [-0.15, -0.1) is 0 Å². The van der Waals surface area contributed by atoms with Crippen LogP contribution in [0.15, 0.2) is 60.7 Å². The van der Waals surface area contributed by atoms with Crippen molar-refractivity contribution in [1.29, 1.82) is 0 Å². The summed E-state index contributed by atoms with van der Waals surface area (Å²) >= 11 is 0. The summed E-state index contributed by atoms with van der Waals surface area (Å²) in [5, 5.41) is 28.6. The van der Waals surface area contributed by atoms with Crippen LogP contribution in [0, 0.1) is 10.1 Å². The second-order valence-corrected chi connectivity index (χ2v) is 6.28. The molecule has 26 heavy (non-hydrogen) atoms. The maximum atomic E-state index is 10.1. The van der Waals surface area contributed by atoms with Crippen molar-refractivity contribution in [3.05, 3.63) is 81.9 Å². The van der Waals surface area contributed by atoms with Crippen molar-refractivity contribution in [1.82, 2.24) is 0 Å². The molecule has 0 amide bonds. The highest BCUT2D eigenvalue weighted by atomic mass is 16.6. The summed E-state index contributed by atoms with van der Waals surface area (Å²) in [6, 6.07) is 19.9. The largest absolute Gasteiger partial charge is 0.393 e. The number of rotatable bonds is 9. The van der Waals surface area contributed by atoms with Gasteiger partial charge in [-0.05, 0) is 43.2 Å². The van der Waals surface area contributed by atoms with Gasteiger partial charge in [-0.1, -0.05) is 67.6 Å². The van der Waals surface area contributed by atoms with Crippen molar-refractivity contribution < 1.29 is 15.1 Å². The first kappa shape index (κ1) is 21.8. The summed E-state index contributed by atoms with van der Waals surface area (Å²) in [6.07, 6.45) is 2.85. The molecule has 0 unspecified atom stereocenters. The van der Waals surface area contributed by atoms with Crippen molar-refractivity contribution in [2.24, 2.45) is 0 Å². The fraction of sp³-hybridized carbons (Fsp3) is 0.429. The molecule has 0 saturated carbocycles. The van der Waals surface area contributed by atoms with E-state index in [4.69, 9.17) is 0 Å². The fourth-order valence-corrected chi connectivity index (χ4v) is 2.42. The lowest BCUT2D eigenvalue weighted by Crippen LogP contribution is -2.19. The van der Waals surface area contributed by atoms with Gasteiger partial charge in [-0.2, -0.15) is 0 Å². The highest BCUT2D eigenvalue weighted by Gasteiger charge is 2.10. The zero-order valence-corrected chi connectivity index (χ0v) is 15.3.